The molecule has 2 N–H and O–H groups in total. The summed E-state index contributed by atoms with van der Waals surface area (Å²) in [6.07, 6.45) is 0.903. The van der Waals surface area contributed by atoms with E-state index in [9.17, 15) is 9.59 Å². The number of rotatable bonds is 3. The smallest absolute Gasteiger partial charge is 0.414 e. The second-order valence-electron chi connectivity index (χ2n) is 6.86. The SMILES string of the molecule is Cc1cc(N2C[C@H](CN)OC2=O)c(C)cc1C1CCC(=O)N(C)C1. The molecule has 2 aliphatic rings. The van der Waals surface area contributed by atoms with Gasteiger partial charge >= 0.3 is 6.09 Å². The fourth-order valence-corrected chi connectivity index (χ4v) is 3.66. The lowest BCUT2D eigenvalue weighted by atomic mass is 9.86. The van der Waals surface area contributed by atoms with Gasteiger partial charge in [0.05, 0.1) is 12.2 Å². The average molecular weight is 331 g/mol. The Labute approximate surface area is 142 Å². The van der Waals surface area contributed by atoms with Crippen LogP contribution in [0.5, 0.6) is 0 Å². The molecule has 3 rings (SSSR count). The maximum Gasteiger partial charge on any atom is 0.414 e. The summed E-state index contributed by atoms with van der Waals surface area (Å²) in [6, 6.07) is 4.21. The standard InChI is InChI=1S/C18H25N3O3/c1-11-7-16(21-10-14(8-19)24-18(21)23)12(2)6-15(11)13-4-5-17(22)20(3)9-13/h6-7,13-14H,4-5,8-10,19H2,1-3H3/t13?,14-/m0/s1. The molecule has 2 heterocycles. The van der Waals surface area contributed by atoms with Crippen LogP contribution in [0.1, 0.15) is 35.4 Å². The van der Waals surface area contributed by atoms with E-state index in [1.807, 2.05) is 14.0 Å². The van der Waals surface area contributed by atoms with Crippen LogP contribution < -0.4 is 10.6 Å². The quantitative estimate of drug-likeness (QED) is 0.918. The molecule has 1 unspecified atom stereocenters. The van der Waals surface area contributed by atoms with Gasteiger partial charge in [-0.25, -0.2) is 4.79 Å². The Bertz CT molecular complexity index is 674. The fraction of sp³-hybridized carbons (Fsp3) is 0.556. The number of hydrogen-bond acceptors (Lipinski definition) is 4. The first-order valence-corrected chi connectivity index (χ1v) is 8.44. The monoisotopic (exact) mass is 331 g/mol. The van der Waals surface area contributed by atoms with Crippen molar-refractivity contribution in [1.82, 2.24) is 4.90 Å². The van der Waals surface area contributed by atoms with E-state index in [1.165, 1.54) is 5.56 Å². The molecule has 2 amide bonds. The van der Waals surface area contributed by atoms with Gasteiger partial charge in [0.1, 0.15) is 6.10 Å². The molecule has 0 aliphatic carbocycles. The molecule has 1 aromatic rings. The lowest BCUT2D eigenvalue weighted by Crippen LogP contribution is -2.36. The number of carbonyl (C=O) groups is 2. The van der Waals surface area contributed by atoms with Gasteiger partial charge in [-0.3, -0.25) is 9.69 Å². The molecule has 0 aromatic heterocycles. The minimum atomic E-state index is -0.330. The van der Waals surface area contributed by atoms with Gasteiger partial charge in [0.15, 0.2) is 0 Å². The summed E-state index contributed by atoms with van der Waals surface area (Å²) in [7, 11) is 1.86. The number of nitrogens with two attached hydrogens (primary N) is 1. The number of anilines is 1. The number of amides is 2. The summed E-state index contributed by atoms with van der Waals surface area (Å²) < 4.78 is 5.26. The molecule has 24 heavy (non-hydrogen) atoms. The Morgan fingerprint density at radius 2 is 1.96 bits per heavy atom. The zero-order valence-corrected chi connectivity index (χ0v) is 14.5. The molecule has 6 heteroatoms. The van der Waals surface area contributed by atoms with E-state index in [2.05, 4.69) is 19.1 Å². The van der Waals surface area contributed by atoms with Crippen LogP contribution in [0.15, 0.2) is 12.1 Å². The number of cyclic esters (lactones) is 1. The largest absolute Gasteiger partial charge is 0.443 e. The average Bonchev–Trinajstić information content (AvgIpc) is 2.93. The third-order valence-electron chi connectivity index (χ3n) is 5.08. The van der Waals surface area contributed by atoms with E-state index in [0.717, 1.165) is 29.8 Å². The molecule has 130 valence electrons. The normalized spacial score (nSPS) is 24.5. The number of aryl methyl sites for hydroxylation is 2. The zero-order valence-electron chi connectivity index (χ0n) is 14.5. The van der Waals surface area contributed by atoms with Gasteiger partial charge in [-0.1, -0.05) is 6.07 Å². The second kappa shape index (κ2) is 6.43. The molecular formula is C18H25N3O3. The third-order valence-corrected chi connectivity index (χ3v) is 5.08. The first-order chi connectivity index (χ1) is 11.4. The van der Waals surface area contributed by atoms with E-state index in [0.29, 0.717) is 25.4 Å². The number of ether oxygens (including phenoxy) is 1. The molecule has 0 bridgehead atoms. The van der Waals surface area contributed by atoms with Crippen molar-refractivity contribution in [2.24, 2.45) is 5.73 Å². The highest BCUT2D eigenvalue weighted by Gasteiger charge is 2.33. The molecule has 2 saturated heterocycles. The Morgan fingerprint density at radius 1 is 1.21 bits per heavy atom. The van der Waals surface area contributed by atoms with Crippen LogP contribution in [0.25, 0.3) is 0 Å². The maximum atomic E-state index is 12.1. The van der Waals surface area contributed by atoms with Crippen molar-refractivity contribution >= 4 is 17.7 Å². The van der Waals surface area contributed by atoms with E-state index >= 15 is 0 Å². The molecular weight excluding hydrogens is 306 g/mol. The van der Waals surface area contributed by atoms with Gasteiger partial charge in [0.2, 0.25) is 5.91 Å². The van der Waals surface area contributed by atoms with E-state index in [1.54, 1.807) is 9.80 Å². The first kappa shape index (κ1) is 16.8. The number of piperidine rings is 1. The summed E-state index contributed by atoms with van der Waals surface area (Å²) in [5.74, 6) is 0.563. The van der Waals surface area contributed by atoms with Crippen LogP contribution >= 0.6 is 0 Å². The highest BCUT2D eigenvalue weighted by atomic mass is 16.6. The van der Waals surface area contributed by atoms with Crippen LogP contribution in [-0.2, 0) is 9.53 Å². The van der Waals surface area contributed by atoms with Crippen LogP contribution in [0, 0.1) is 13.8 Å². The van der Waals surface area contributed by atoms with Gasteiger partial charge in [-0.15, -0.1) is 0 Å². The predicted octanol–water partition coefficient (Wildman–Crippen LogP) is 1.92. The lowest BCUT2D eigenvalue weighted by Gasteiger charge is -2.31. The Morgan fingerprint density at radius 3 is 2.58 bits per heavy atom. The van der Waals surface area contributed by atoms with Crippen molar-refractivity contribution in [3.8, 4) is 0 Å². The van der Waals surface area contributed by atoms with Crippen LogP contribution in [0.4, 0.5) is 10.5 Å². The minimum absolute atomic E-state index is 0.213. The van der Waals surface area contributed by atoms with E-state index in [-0.39, 0.29) is 18.1 Å². The molecule has 1 aromatic carbocycles. The van der Waals surface area contributed by atoms with Crippen LogP contribution in [0.3, 0.4) is 0 Å². The fourth-order valence-electron chi connectivity index (χ4n) is 3.66. The van der Waals surface area contributed by atoms with E-state index in [4.69, 9.17) is 10.5 Å². The van der Waals surface area contributed by atoms with Gasteiger partial charge < -0.3 is 15.4 Å². The highest BCUT2D eigenvalue weighted by Crippen LogP contribution is 2.34. The Balaban J connectivity index is 1.87. The number of likely N-dealkylation sites (tertiary alicyclic amines) is 1. The third kappa shape index (κ3) is 2.98. The molecule has 0 spiro atoms. The summed E-state index contributed by atoms with van der Waals surface area (Å²) in [5.41, 5.74) is 9.95. The predicted molar refractivity (Wildman–Crippen MR) is 92.2 cm³/mol. The number of nitrogens with zero attached hydrogens (tertiary/aromatic N) is 2. The summed E-state index contributed by atoms with van der Waals surface area (Å²) in [5, 5.41) is 0. The molecule has 2 fully saturated rings. The summed E-state index contributed by atoms with van der Waals surface area (Å²) in [4.78, 5) is 27.3. The topological polar surface area (TPSA) is 75.9 Å². The van der Waals surface area contributed by atoms with E-state index < -0.39 is 0 Å². The summed E-state index contributed by atoms with van der Waals surface area (Å²) >= 11 is 0. The number of carbonyl (C=O) groups excluding carboxylic acids is 2. The lowest BCUT2D eigenvalue weighted by molar-refractivity contribution is -0.132. The van der Waals surface area contributed by atoms with Gasteiger partial charge in [0, 0.05) is 32.5 Å². The molecule has 2 atom stereocenters. The minimum Gasteiger partial charge on any atom is -0.443 e. The number of benzene rings is 1. The number of likely N-dealkylation sites (N-methyl/N-ethyl adjacent to an activating group) is 1. The zero-order chi connectivity index (χ0) is 17.4. The summed E-state index contributed by atoms with van der Waals surface area (Å²) in [6.45, 7) is 5.66. The van der Waals surface area contributed by atoms with Crippen molar-refractivity contribution in [3.63, 3.8) is 0 Å². The van der Waals surface area contributed by atoms with Crippen LogP contribution in [0.2, 0.25) is 0 Å². The van der Waals surface area contributed by atoms with Gasteiger partial charge in [0.25, 0.3) is 0 Å². The van der Waals surface area contributed by atoms with Crippen molar-refractivity contribution in [2.75, 3.05) is 31.6 Å². The molecule has 0 radical (unpaired) electrons. The van der Waals surface area contributed by atoms with Crippen molar-refractivity contribution in [1.29, 1.82) is 0 Å². The van der Waals surface area contributed by atoms with Crippen molar-refractivity contribution < 1.29 is 14.3 Å². The maximum absolute atomic E-state index is 12.1. The van der Waals surface area contributed by atoms with Gasteiger partial charge in [-0.05, 0) is 43.0 Å². The molecule has 2 aliphatic heterocycles. The van der Waals surface area contributed by atoms with Gasteiger partial charge in [-0.2, -0.15) is 0 Å². The first-order valence-electron chi connectivity index (χ1n) is 8.44. The van der Waals surface area contributed by atoms with Crippen molar-refractivity contribution in [3.05, 3.63) is 28.8 Å². The Hall–Kier alpha value is -2.08. The van der Waals surface area contributed by atoms with Crippen LogP contribution in [-0.4, -0.2) is 49.7 Å². The molecule has 6 nitrogen and oxygen atoms in total. The molecule has 0 saturated carbocycles. The Kier molecular flexibility index (Phi) is 4.49. The van der Waals surface area contributed by atoms with Crippen molar-refractivity contribution in [2.45, 2.75) is 38.7 Å². The second-order valence-corrected chi connectivity index (χ2v) is 6.86. The highest BCUT2D eigenvalue weighted by molar-refractivity contribution is 5.91. The number of hydrogen-bond donors (Lipinski definition) is 1.